The predicted molar refractivity (Wildman–Crippen MR) is 80.7 cm³/mol. The van der Waals surface area contributed by atoms with Crippen molar-refractivity contribution in [2.24, 2.45) is 5.73 Å². The molecule has 2 rings (SSSR count). The molecule has 0 aliphatic carbocycles. The molecule has 4 N–H and O–H groups in total. The average Bonchev–Trinajstić information content (AvgIpc) is 2.95. The smallest absolute Gasteiger partial charge is 0.237 e. The number of aromatic hydroxyl groups is 1. The zero-order chi connectivity index (χ0) is 14.5. The number of amides is 1. The third-order valence-corrected chi connectivity index (χ3v) is 4.11. The minimum absolute atomic E-state index is 0.0339. The Morgan fingerprint density at radius 2 is 2.05 bits per heavy atom. The second-order valence-corrected chi connectivity index (χ2v) is 5.70. The first-order valence-electron chi connectivity index (χ1n) is 6.43. The van der Waals surface area contributed by atoms with Crippen LogP contribution in [0.3, 0.4) is 0 Å². The fourth-order valence-electron chi connectivity index (χ4n) is 1.91. The standard InChI is InChI=1S/C15H18N2O2S/c1-10(14-3-2-8-20-14)17-15(19)13(16)9-11-4-6-12(18)7-5-11/h2-8,10,13,18H,9,16H2,1H3,(H,17,19)/t10?,13-/m1/s1. The molecule has 1 unspecified atom stereocenters. The van der Waals surface area contributed by atoms with Crippen molar-refractivity contribution in [3.05, 3.63) is 52.2 Å². The summed E-state index contributed by atoms with van der Waals surface area (Å²) < 4.78 is 0. The topological polar surface area (TPSA) is 75.4 Å². The molecule has 2 aromatic rings. The lowest BCUT2D eigenvalue weighted by Crippen LogP contribution is -2.42. The van der Waals surface area contributed by atoms with Crippen LogP contribution < -0.4 is 11.1 Å². The first-order valence-corrected chi connectivity index (χ1v) is 7.31. The zero-order valence-corrected chi connectivity index (χ0v) is 12.1. The Morgan fingerprint density at radius 1 is 1.35 bits per heavy atom. The van der Waals surface area contributed by atoms with Gasteiger partial charge in [-0.05, 0) is 42.5 Å². The highest BCUT2D eigenvalue weighted by Crippen LogP contribution is 2.18. The summed E-state index contributed by atoms with van der Waals surface area (Å²) in [5, 5.41) is 14.1. The molecule has 1 heterocycles. The molecule has 106 valence electrons. The molecule has 4 nitrogen and oxygen atoms in total. The van der Waals surface area contributed by atoms with Crippen LogP contribution in [-0.2, 0) is 11.2 Å². The van der Waals surface area contributed by atoms with Crippen LogP contribution in [-0.4, -0.2) is 17.1 Å². The Labute approximate surface area is 122 Å². The minimum Gasteiger partial charge on any atom is -0.508 e. The van der Waals surface area contributed by atoms with E-state index in [0.29, 0.717) is 6.42 Å². The van der Waals surface area contributed by atoms with Gasteiger partial charge in [-0.3, -0.25) is 4.79 Å². The number of benzene rings is 1. The number of phenolic OH excluding ortho intramolecular Hbond substituents is 1. The summed E-state index contributed by atoms with van der Waals surface area (Å²) in [5.41, 5.74) is 6.84. The number of carbonyl (C=O) groups excluding carboxylic acids is 1. The van der Waals surface area contributed by atoms with Gasteiger partial charge in [-0.25, -0.2) is 0 Å². The van der Waals surface area contributed by atoms with Gasteiger partial charge >= 0.3 is 0 Å². The maximum Gasteiger partial charge on any atom is 0.237 e. The van der Waals surface area contributed by atoms with E-state index in [-0.39, 0.29) is 17.7 Å². The Balaban J connectivity index is 1.90. The van der Waals surface area contributed by atoms with Gasteiger partial charge in [0.2, 0.25) is 5.91 Å². The van der Waals surface area contributed by atoms with E-state index < -0.39 is 6.04 Å². The van der Waals surface area contributed by atoms with Gasteiger partial charge in [0, 0.05) is 4.88 Å². The van der Waals surface area contributed by atoms with Crippen LogP contribution in [0, 0.1) is 0 Å². The van der Waals surface area contributed by atoms with Gasteiger partial charge in [0.05, 0.1) is 12.1 Å². The summed E-state index contributed by atoms with van der Waals surface area (Å²) in [6.45, 7) is 1.94. The average molecular weight is 290 g/mol. The van der Waals surface area contributed by atoms with Crippen LogP contribution in [0.5, 0.6) is 5.75 Å². The molecular formula is C15H18N2O2S. The quantitative estimate of drug-likeness (QED) is 0.790. The van der Waals surface area contributed by atoms with Crippen molar-refractivity contribution < 1.29 is 9.90 Å². The molecule has 0 spiro atoms. The molecule has 0 bridgehead atoms. The zero-order valence-electron chi connectivity index (χ0n) is 11.2. The number of thiophene rings is 1. The highest BCUT2D eigenvalue weighted by molar-refractivity contribution is 7.10. The molecule has 20 heavy (non-hydrogen) atoms. The molecule has 0 fully saturated rings. The first-order chi connectivity index (χ1) is 9.56. The summed E-state index contributed by atoms with van der Waals surface area (Å²) in [4.78, 5) is 13.1. The highest BCUT2D eigenvalue weighted by atomic mass is 32.1. The van der Waals surface area contributed by atoms with E-state index in [4.69, 9.17) is 5.73 Å². The van der Waals surface area contributed by atoms with Crippen molar-refractivity contribution in [3.8, 4) is 5.75 Å². The Kier molecular flexibility index (Phi) is 4.76. The van der Waals surface area contributed by atoms with E-state index in [9.17, 15) is 9.90 Å². The predicted octanol–water partition coefficient (Wildman–Crippen LogP) is 2.20. The highest BCUT2D eigenvalue weighted by Gasteiger charge is 2.17. The first kappa shape index (κ1) is 14.6. The van der Waals surface area contributed by atoms with Crippen molar-refractivity contribution in [2.75, 3.05) is 0 Å². The lowest BCUT2D eigenvalue weighted by molar-refractivity contribution is -0.122. The fraction of sp³-hybridized carbons (Fsp3) is 0.267. The molecule has 0 saturated heterocycles. The van der Waals surface area contributed by atoms with E-state index in [1.165, 1.54) is 0 Å². The second-order valence-electron chi connectivity index (χ2n) is 4.72. The van der Waals surface area contributed by atoms with Crippen LogP contribution in [0.25, 0.3) is 0 Å². The van der Waals surface area contributed by atoms with Crippen LogP contribution in [0.1, 0.15) is 23.4 Å². The number of hydrogen-bond acceptors (Lipinski definition) is 4. The van der Waals surface area contributed by atoms with Crippen molar-refractivity contribution in [2.45, 2.75) is 25.4 Å². The van der Waals surface area contributed by atoms with Gasteiger partial charge in [-0.1, -0.05) is 18.2 Å². The van der Waals surface area contributed by atoms with Crippen LogP contribution in [0.15, 0.2) is 41.8 Å². The summed E-state index contributed by atoms with van der Waals surface area (Å²) >= 11 is 1.61. The Hall–Kier alpha value is -1.85. The van der Waals surface area contributed by atoms with Crippen molar-refractivity contribution in [3.63, 3.8) is 0 Å². The van der Waals surface area contributed by atoms with Gasteiger partial charge in [0.1, 0.15) is 5.75 Å². The third-order valence-electron chi connectivity index (χ3n) is 3.06. The van der Waals surface area contributed by atoms with Gasteiger partial charge in [0.25, 0.3) is 0 Å². The van der Waals surface area contributed by atoms with Crippen LogP contribution >= 0.6 is 11.3 Å². The van der Waals surface area contributed by atoms with Crippen LogP contribution in [0.4, 0.5) is 0 Å². The molecule has 1 aromatic carbocycles. The number of phenols is 1. The number of hydrogen-bond donors (Lipinski definition) is 3. The molecule has 5 heteroatoms. The molecule has 2 atom stereocenters. The molecule has 1 aromatic heterocycles. The van der Waals surface area contributed by atoms with Gasteiger partial charge in [0.15, 0.2) is 0 Å². The number of carbonyl (C=O) groups is 1. The van der Waals surface area contributed by atoms with Gasteiger partial charge in [-0.2, -0.15) is 0 Å². The maximum absolute atomic E-state index is 12.0. The van der Waals surface area contributed by atoms with E-state index >= 15 is 0 Å². The Morgan fingerprint density at radius 3 is 2.65 bits per heavy atom. The van der Waals surface area contributed by atoms with E-state index in [2.05, 4.69) is 5.32 Å². The minimum atomic E-state index is -0.595. The number of nitrogens with one attached hydrogen (secondary N) is 1. The summed E-state index contributed by atoms with van der Waals surface area (Å²) in [7, 11) is 0. The normalized spacial score (nSPS) is 13.7. The largest absolute Gasteiger partial charge is 0.508 e. The number of nitrogens with two attached hydrogens (primary N) is 1. The van der Waals surface area contributed by atoms with Crippen LogP contribution in [0.2, 0.25) is 0 Å². The summed E-state index contributed by atoms with van der Waals surface area (Å²) in [5.74, 6) is 0.0389. The van der Waals surface area contributed by atoms with E-state index in [1.54, 1.807) is 35.6 Å². The van der Waals surface area contributed by atoms with E-state index in [0.717, 1.165) is 10.4 Å². The molecule has 0 radical (unpaired) electrons. The lowest BCUT2D eigenvalue weighted by Gasteiger charge is -2.16. The SMILES string of the molecule is CC(NC(=O)[C@H](N)Cc1ccc(O)cc1)c1cccs1. The molecule has 0 saturated carbocycles. The van der Waals surface area contributed by atoms with Crippen molar-refractivity contribution in [1.82, 2.24) is 5.32 Å². The monoisotopic (exact) mass is 290 g/mol. The summed E-state index contributed by atoms with van der Waals surface area (Å²) in [6, 6.07) is 10.0. The molecule has 0 aliphatic heterocycles. The molecule has 1 amide bonds. The van der Waals surface area contributed by atoms with Gasteiger partial charge < -0.3 is 16.2 Å². The maximum atomic E-state index is 12.0. The Bertz CT molecular complexity index is 552. The van der Waals surface area contributed by atoms with Gasteiger partial charge in [-0.15, -0.1) is 11.3 Å². The number of rotatable bonds is 5. The molecular weight excluding hydrogens is 272 g/mol. The van der Waals surface area contributed by atoms with E-state index in [1.807, 2.05) is 24.4 Å². The lowest BCUT2D eigenvalue weighted by atomic mass is 10.1. The summed E-state index contributed by atoms with van der Waals surface area (Å²) in [6.07, 6.45) is 0.448. The fourth-order valence-corrected chi connectivity index (χ4v) is 2.64. The second kappa shape index (κ2) is 6.54. The van der Waals surface area contributed by atoms with Crippen molar-refractivity contribution in [1.29, 1.82) is 0 Å². The third kappa shape index (κ3) is 3.82. The van der Waals surface area contributed by atoms with Crippen molar-refractivity contribution >= 4 is 17.2 Å². The molecule has 0 aliphatic rings.